The van der Waals surface area contributed by atoms with Crippen LogP contribution in [0.2, 0.25) is 0 Å². The van der Waals surface area contributed by atoms with E-state index in [0.717, 1.165) is 0 Å². The van der Waals surface area contributed by atoms with E-state index in [4.69, 9.17) is 14.2 Å². The van der Waals surface area contributed by atoms with Gasteiger partial charge in [-0.15, -0.1) is 0 Å². The Bertz CT molecular complexity index is 886. The molecule has 0 spiro atoms. The van der Waals surface area contributed by atoms with E-state index in [-0.39, 0.29) is 24.4 Å². The molecule has 3 heterocycles. The summed E-state index contributed by atoms with van der Waals surface area (Å²) in [5, 5.41) is 14.2. The SMILES string of the molecule is COCc1cc(N(C=O)c2cc([C@@H]3C[C@H](OC(=O)NC(C)(C)C)CO3)[nH]n2)n(C)n1. The van der Waals surface area contributed by atoms with Crippen molar-refractivity contribution in [2.45, 2.75) is 51.5 Å². The minimum atomic E-state index is -0.475. The molecule has 0 bridgehead atoms. The molecular weight excluding hydrogens is 392 g/mol. The lowest BCUT2D eigenvalue weighted by molar-refractivity contribution is -0.106. The standard InChI is InChI=1S/C19H28N6O5/c1-19(2,3)20-18(27)30-13-7-15(29-10-13)14-8-16(22-21-14)25(11-26)17-6-12(9-28-5)23-24(17)4/h6,8,11,13,15H,7,9-10H2,1-5H3,(H,20,27)(H,21,22)/t13-,15-/m0/s1. The molecule has 1 saturated heterocycles. The van der Waals surface area contributed by atoms with Gasteiger partial charge in [-0.25, -0.2) is 9.69 Å². The van der Waals surface area contributed by atoms with Crippen LogP contribution in [0, 0.1) is 0 Å². The zero-order chi connectivity index (χ0) is 21.9. The number of hydrogen-bond donors (Lipinski definition) is 2. The molecule has 2 aromatic rings. The molecule has 3 rings (SSSR count). The molecule has 0 aliphatic carbocycles. The van der Waals surface area contributed by atoms with Gasteiger partial charge in [0.25, 0.3) is 0 Å². The first-order valence-corrected chi connectivity index (χ1v) is 9.62. The van der Waals surface area contributed by atoms with Gasteiger partial charge >= 0.3 is 6.09 Å². The highest BCUT2D eigenvalue weighted by Gasteiger charge is 2.32. The fourth-order valence-corrected chi connectivity index (χ4v) is 3.18. The lowest BCUT2D eigenvalue weighted by Crippen LogP contribution is -2.42. The number of amides is 2. The Morgan fingerprint density at radius 1 is 1.47 bits per heavy atom. The first-order valence-electron chi connectivity index (χ1n) is 9.62. The van der Waals surface area contributed by atoms with Crippen molar-refractivity contribution in [2.24, 2.45) is 7.05 Å². The van der Waals surface area contributed by atoms with Gasteiger partial charge in [-0.1, -0.05) is 0 Å². The van der Waals surface area contributed by atoms with E-state index < -0.39 is 6.09 Å². The Balaban J connectivity index is 1.66. The van der Waals surface area contributed by atoms with Crippen molar-refractivity contribution in [1.82, 2.24) is 25.3 Å². The molecule has 1 aliphatic rings. The van der Waals surface area contributed by atoms with Crippen molar-refractivity contribution in [3.63, 3.8) is 0 Å². The zero-order valence-corrected chi connectivity index (χ0v) is 17.8. The molecular formula is C19H28N6O5. The maximum absolute atomic E-state index is 12.0. The van der Waals surface area contributed by atoms with E-state index in [1.165, 1.54) is 4.90 Å². The van der Waals surface area contributed by atoms with Crippen LogP contribution in [-0.4, -0.2) is 57.8 Å². The number of anilines is 2. The number of carbonyl (C=O) groups is 2. The molecule has 0 unspecified atom stereocenters. The number of nitrogens with zero attached hydrogens (tertiary/aromatic N) is 4. The molecule has 2 N–H and O–H groups in total. The molecule has 11 heteroatoms. The van der Waals surface area contributed by atoms with Crippen LogP contribution in [0.4, 0.5) is 16.4 Å². The third-order valence-electron chi connectivity index (χ3n) is 4.44. The molecule has 30 heavy (non-hydrogen) atoms. The van der Waals surface area contributed by atoms with Gasteiger partial charge in [0.2, 0.25) is 6.41 Å². The summed E-state index contributed by atoms with van der Waals surface area (Å²) in [6.45, 7) is 6.28. The van der Waals surface area contributed by atoms with E-state index in [2.05, 4.69) is 20.6 Å². The van der Waals surface area contributed by atoms with E-state index >= 15 is 0 Å². The van der Waals surface area contributed by atoms with Crippen LogP contribution in [0.1, 0.15) is 44.7 Å². The number of methoxy groups -OCH3 is 1. The largest absolute Gasteiger partial charge is 0.444 e. The number of H-pyrrole nitrogens is 1. The molecule has 2 aromatic heterocycles. The molecule has 2 atom stereocenters. The van der Waals surface area contributed by atoms with Gasteiger partial charge in [0.15, 0.2) is 5.82 Å². The second kappa shape index (κ2) is 8.84. The first kappa shape index (κ1) is 21.8. The number of carbonyl (C=O) groups excluding carboxylic acids is 2. The Labute approximate surface area is 174 Å². The molecule has 164 valence electrons. The minimum Gasteiger partial charge on any atom is -0.444 e. The third kappa shape index (κ3) is 5.16. The van der Waals surface area contributed by atoms with Crippen LogP contribution < -0.4 is 10.2 Å². The van der Waals surface area contributed by atoms with Crippen molar-refractivity contribution in [1.29, 1.82) is 0 Å². The predicted octanol–water partition coefficient (Wildman–Crippen LogP) is 1.94. The lowest BCUT2D eigenvalue weighted by atomic mass is 10.1. The summed E-state index contributed by atoms with van der Waals surface area (Å²) in [6.07, 6.45) is 0.00969. The zero-order valence-electron chi connectivity index (χ0n) is 17.8. The summed E-state index contributed by atoms with van der Waals surface area (Å²) in [4.78, 5) is 25.1. The van der Waals surface area contributed by atoms with E-state index in [0.29, 0.717) is 42.5 Å². The van der Waals surface area contributed by atoms with Gasteiger partial charge < -0.3 is 19.5 Å². The van der Waals surface area contributed by atoms with Crippen molar-refractivity contribution in [2.75, 3.05) is 18.6 Å². The van der Waals surface area contributed by atoms with Gasteiger partial charge in [0.05, 0.1) is 24.6 Å². The number of aromatic nitrogens is 4. The van der Waals surface area contributed by atoms with Crippen LogP contribution in [0.15, 0.2) is 12.1 Å². The van der Waals surface area contributed by atoms with Crippen molar-refractivity contribution in [3.05, 3.63) is 23.5 Å². The number of aryl methyl sites for hydroxylation is 1. The van der Waals surface area contributed by atoms with Crippen LogP contribution in [-0.2, 0) is 32.7 Å². The highest BCUT2D eigenvalue weighted by molar-refractivity contribution is 5.83. The third-order valence-corrected chi connectivity index (χ3v) is 4.44. The molecule has 1 aliphatic heterocycles. The van der Waals surface area contributed by atoms with Crippen LogP contribution in [0.25, 0.3) is 0 Å². The molecule has 11 nitrogen and oxygen atoms in total. The summed E-state index contributed by atoms with van der Waals surface area (Å²) in [5.74, 6) is 0.966. The second-order valence-electron chi connectivity index (χ2n) is 8.17. The summed E-state index contributed by atoms with van der Waals surface area (Å²) in [5.41, 5.74) is 1.02. The smallest absolute Gasteiger partial charge is 0.407 e. The number of aromatic amines is 1. The molecule has 0 radical (unpaired) electrons. The Morgan fingerprint density at radius 2 is 2.23 bits per heavy atom. The fourth-order valence-electron chi connectivity index (χ4n) is 3.18. The quantitative estimate of drug-likeness (QED) is 0.656. The minimum absolute atomic E-state index is 0.288. The van der Waals surface area contributed by atoms with Crippen LogP contribution in [0.3, 0.4) is 0 Å². The molecule has 0 saturated carbocycles. The summed E-state index contributed by atoms with van der Waals surface area (Å²) in [7, 11) is 3.32. The van der Waals surface area contributed by atoms with Crippen molar-refractivity contribution < 1.29 is 23.8 Å². The monoisotopic (exact) mass is 420 g/mol. The van der Waals surface area contributed by atoms with E-state index in [1.54, 1.807) is 31.0 Å². The molecule has 1 fully saturated rings. The van der Waals surface area contributed by atoms with E-state index in [9.17, 15) is 9.59 Å². The Kier molecular flexibility index (Phi) is 6.42. The maximum Gasteiger partial charge on any atom is 0.407 e. The second-order valence-corrected chi connectivity index (χ2v) is 8.17. The number of hydrogen-bond acceptors (Lipinski definition) is 7. The van der Waals surface area contributed by atoms with Gasteiger partial charge in [0.1, 0.15) is 18.0 Å². The molecule has 2 amide bonds. The maximum atomic E-state index is 12.0. The normalized spacial score (nSPS) is 19.0. The highest BCUT2D eigenvalue weighted by atomic mass is 16.6. The highest BCUT2D eigenvalue weighted by Crippen LogP contribution is 2.32. The van der Waals surface area contributed by atoms with Gasteiger partial charge in [-0.05, 0) is 20.8 Å². The number of ether oxygens (including phenoxy) is 3. The van der Waals surface area contributed by atoms with E-state index in [1.807, 2.05) is 20.8 Å². The average molecular weight is 420 g/mol. The average Bonchev–Trinajstić information content (AvgIpc) is 3.36. The first-order chi connectivity index (χ1) is 14.2. The number of rotatable bonds is 7. The van der Waals surface area contributed by atoms with Gasteiger partial charge in [-0.3, -0.25) is 14.6 Å². The lowest BCUT2D eigenvalue weighted by Gasteiger charge is -2.21. The fraction of sp³-hybridized carbons (Fsp3) is 0.579. The van der Waals surface area contributed by atoms with Crippen LogP contribution in [0.5, 0.6) is 0 Å². The van der Waals surface area contributed by atoms with Crippen molar-refractivity contribution in [3.8, 4) is 0 Å². The summed E-state index contributed by atoms with van der Waals surface area (Å²) in [6, 6.07) is 3.50. The number of nitrogens with one attached hydrogen (secondary N) is 2. The Morgan fingerprint density at radius 3 is 2.90 bits per heavy atom. The summed E-state index contributed by atoms with van der Waals surface area (Å²) >= 11 is 0. The van der Waals surface area contributed by atoms with Crippen molar-refractivity contribution >= 4 is 24.1 Å². The number of alkyl carbamates (subject to hydrolysis) is 1. The van der Waals surface area contributed by atoms with Gasteiger partial charge in [0, 0.05) is 38.2 Å². The molecule has 0 aromatic carbocycles. The topological polar surface area (TPSA) is 124 Å². The van der Waals surface area contributed by atoms with Crippen LogP contribution >= 0.6 is 0 Å². The predicted molar refractivity (Wildman–Crippen MR) is 107 cm³/mol. The Hall–Kier alpha value is -2.92. The van der Waals surface area contributed by atoms with Gasteiger partial charge in [-0.2, -0.15) is 10.2 Å². The summed E-state index contributed by atoms with van der Waals surface area (Å²) < 4.78 is 17.9.